The van der Waals surface area contributed by atoms with Crippen LogP contribution in [0.4, 0.5) is 16.0 Å². The standard InChI is InChI=1S/C20H26FN5O/c21-18-13-23-20(24-16-6-4-15(22)5-7-16)25-19(18)14-2-1-3-17(12-14)26-8-10-27-11-9-26/h1-3,12-13,15-16H,4-11,22H2,(H,23,24,25)/t15-,16-. The number of benzene rings is 1. The molecule has 7 heteroatoms. The van der Waals surface area contributed by atoms with Crippen LogP contribution in [-0.4, -0.2) is 48.4 Å². The largest absolute Gasteiger partial charge is 0.378 e. The van der Waals surface area contributed by atoms with Crippen LogP contribution < -0.4 is 16.0 Å². The van der Waals surface area contributed by atoms with Gasteiger partial charge in [-0.05, 0) is 37.8 Å². The van der Waals surface area contributed by atoms with Gasteiger partial charge in [0.15, 0.2) is 5.82 Å². The van der Waals surface area contributed by atoms with Gasteiger partial charge in [0.1, 0.15) is 5.69 Å². The van der Waals surface area contributed by atoms with Crippen molar-refractivity contribution in [2.75, 3.05) is 36.5 Å². The van der Waals surface area contributed by atoms with Crippen LogP contribution in [0.1, 0.15) is 25.7 Å². The summed E-state index contributed by atoms with van der Waals surface area (Å²) >= 11 is 0. The number of aromatic nitrogens is 2. The Labute approximate surface area is 158 Å². The van der Waals surface area contributed by atoms with Crippen LogP contribution in [0.25, 0.3) is 11.3 Å². The number of hydrogen-bond acceptors (Lipinski definition) is 6. The molecule has 144 valence electrons. The quantitative estimate of drug-likeness (QED) is 0.861. The van der Waals surface area contributed by atoms with Gasteiger partial charge in [-0.25, -0.2) is 14.4 Å². The number of nitrogens with two attached hydrogens (primary N) is 1. The first kappa shape index (κ1) is 18.1. The summed E-state index contributed by atoms with van der Waals surface area (Å²) in [6, 6.07) is 8.44. The number of hydrogen-bond donors (Lipinski definition) is 2. The summed E-state index contributed by atoms with van der Waals surface area (Å²) in [4.78, 5) is 10.9. The van der Waals surface area contributed by atoms with Gasteiger partial charge in [-0.15, -0.1) is 0 Å². The lowest BCUT2D eigenvalue weighted by Gasteiger charge is -2.29. The van der Waals surface area contributed by atoms with E-state index >= 15 is 0 Å². The summed E-state index contributed by atoms with van der Waals surface area (Å²) in [5, 5.41) is 3.35. The molecule has 1 saturated heterocycles. The molecule has 2 aromatic rings. The number of nitrogens with zero attached hydrogens (tertiary/aromatic N) is 3. The lowest BCUT2D eigenvalue weighted by atomic mass is 9.92. The minimum atomic E-state index is -0.412. The summed E-state index contributed by atoms with van der Waals surface area (Å²) in [7, 11) is 0. The Hall–Kier alpha value is -2.25. The summed E-state index contributed by atoms with van der Waals surface area (Å²) in [6.07, 6.45) is 5.22. The highest BCUT2D eigenvalue weighted by atomic mass is 19.1. The predicted molar refractivity (Wildman–Crippen MR) is 104 cm³/mol. The molecule has 0 amide bonds. The van der Waals surface area contributed by atoms with Gasteiger partial charge in [-0.1, -0.05) is 12.1 Å². The van der Waals surface area contributed by atoms with Crippen molar-refractivity contribution < 1.29 is 9.13 Å². The molecule has 2 heterocycles. The van der Waals surface area contributed by atoms with Crippen LogP contribution in [0, 0.1) is 5.82 Å². The Morgan fingerprint density at radius 3 is 2.70 bits per heavy atom. The smallest absolute Gasteiger partial charge is 0.223 e. The number of nitrogens with one attached hydrogen (secondary N) is 1. The second-order valence-electron chi connectivity index (χ2n) is 7.30. The van der Waals surface area contributed by atoms with E-state index in [1.54, 1.807) is 0 Å². The van der Waals surface area contributed by atoms with Gasteiger partial charge < -0.3 is 20.7 Å². The van der Waals surface area contributed by atoms with Crippen molar-refractivity contribution in [2.24, 2.45) is 5.73 Å². The van der Waals surface area contributed by atoms with E-state index in [9.17, 15) is 4.39 Å². The van der Waals surface area contributed by atoms with Gasteiger partial charge in [-0.3, -0.25) is 0 Å². The fraction of sp³-hybridized carbons (Fsp3) is 0.500. The maximum Gasteiger partial charge on any atom is 0.223 e. The zero-order valence-corrected chi connectivity index (χ0v) is 15.4. The van der Waals surface area contributed by atoms with Gasteiger partial charge >= 0.3 is 0 Å². The second-order valence-corrected chi connectivity index (χ2v) is 7.30. The first-order valence-electron chi connectivity index (χ1n) is 9.67. The normalized spacial score (nSPS) is 23.3. The maximum atomic E-state index is 14.5. The molecule has 3 N–H and O–H groups in total. The number of morpholine rings is 1. The van der Waals surface area contributed by atoms with Crippen molar-refractivity contribution in [3.8, 4) is 11.3 Å². The zero-order valence-electron chi connectivity index (χ0n) is 15.4. The molecule has 1 aromatic heterocycles. The SMILES string of the molecule is N[C@H]1CC[C@H](Nc2ncc(F)c(-c3cccc(N4CCOCC4)c3)n2)CC1. The third-order valence-corrected chi connectivity index (χ3v) is 5.34. The minimum Gasteiger partial charge on any atom is -0.378 e. The Balaban J connectivity index is 1.54. The van der Waals surface area contributed by atoms with Crippen LogP contribution in [0.2, 0.25) is 0 Å². The van der Waals surface area contributed by atoms with Crippen molar-refractivity contribution in [2.45, 2.75) is 37.8 Å². The summed E-state index contributed by atoms with van der Waals surface area (Å²) in [5.74, 6) is 0.0639. The Bertz CT molecular complexity index is 773. The average molecular weight is 371 g/mol. The average Bonchev–Trinajstić information content (AvgIpc) is 2.72. The number of ether oxygens (including phenoxy) is 1. The maximum absolute atomic E-state index is 14.5. The summed E-state index contributed by atoms with van der Waals surface area (Å²) < 4.78 is 19.9. The molecule has 4 rings (SSSR count). The van der Waals surface area contributed by atoms with Crippen molar-refractivity contribution in [1.82, 2.24) is 9.97 Å². The van der Waals surface area contributed by atoms with Crippen LogP contribution >= 0.6 is 0 Å². The lowest BCUT2D eigenvalue weighted by Crippen LogP contribution is -2.36. The lowest BCUT2D eigenvalue weighted by molar-refractivity contribution is 0.122. The molecule has 2 aliphatic rings. The molecule has 1 aliphatic heterocycles. The Morgan fingerprint density at radius 2 is 1.93 bits per heavy atom. The van der Waals surface area contributed by atoms with Crippen LogP contribution in [-0.2, 0) is 4.74 Å². The van der Waals surface area contributed by atoms with E-state index in [0.717, 1.165) is 50.0 Å². The third kappa shape index (κ3) is 4.36. The highest BCUT2D eigenvalue weighted by molar-refractivity contribution is 5.67. The first-order chi connectivity index (χ1) is 13.2. The van der Waals surface area contributed by atoms with Gasteiger partial charge in [0.25, 0.3) is 0 Å². The van der Waals surface area contributed by atoms with E-state index in [4.69, 9.17) is 10.5 Å². The molecule has 1 saturated carbocycles. The molecule has 27 heavy (non-hydrogen) atoms. The highest BCUT2D eigenvalue weighted by Gasteiger charge is 2.20. The fourth-order valence-electron chi connectivity index (χ4n) is 3.76. The van der Waals surface area contributed by atoms with Crippen LogP contribution in [0.3, 0.4) is 0 Å². The third-order valence-electron chi connectivity index (χ3n) is 5.34. The van der Waals surface area contributed by atoms with E-state index in [0.29, 0.717) is 30.9 Å². The molecule has 2 fully saturated rings. The molecule has 0 radical (unpaired) electrons. The highest BCUT2D eigenvalue weighted by Crippen LogP contribution is 2.27. The number of anilines is 2. The monoisotopic (exact) mass is 371 g/mol. The molecule has 1 aliphatic carbocycles. The summed E-state index contributed by atoms with van der Waals surface area (Å²) in [6.45, 7) is 3.11. The molecule has 6 nitrogen and oxygen atoms in total. The molecule has 0 atom stereocenters. The molecule has 1 aromatic carbocycles. The van der Waals surface area contributed by atoms with E-state index < -0.39 is 5.82 Å². The summed E-state index contributed by atoms with van der Waals surface area (Å²) in [5.41, 5.74) is 8.11. The van der Waals surface area contributed by atoms with Crippen LogP contribution in [0.15, 0.2) is 30.5 Å². The van der Waals surface area contributed by atoms with Gasteiger partial charge in [0.2, 0.25) is 5.95 Å². The van der Waals surface area contributed by atoms with E-state index in [1.165, 1.54) is 6.20 Å². The van der Waals surface area contributed by atoms with Crippen molar-refractivity contribution in [1.29, 1.82) is 0 Å². The number of rotatable bonds is 4. The molecule has 0 spiro atoms. The molecule has 0 bridgehead atoms. The molecular weight excluding hydrogens is 345 g/mol. The minimum absolute atomic E-state index is 0.288. The van der Waals surface area contributed by atoms with Gasteiger partial charge in [0.05, 0.1) is 19.4 Å². The first-order valence-corrected chi connectivity index (χ1v) is 9.67. The fourth-order valence-corrected chi connectivity index (χ4v) is 3.76. The van der Waals surface area contributed by atoms with E-state index in [-0.39, 0.29) is 6.04 Å². The molecular formula is C20H26FN5O. The van der Waals surface area contributed by atoms with Crippen molar-refractivity contribution in [3.63, 3.8) is 0 Å². The second kappa shape index (κ2) is 8.19. The van der Waals surface area contributed by atoms with E-state index in [1.807, 2.05) is 24.3 Å². The van der Waals surface area contributed by atoms with Gasteiger partial charge in [-0.2, -0.15) is 0 Å². The van der Waals surface area contributed by atoms with Crippen LogP contribution in [0.5, 0.6) is 0 Å². The van der Waals surface area contributed by atoms with E-state index in [2.05, 4.69) is 20.2 Å². The Morgan fingerprint density at radius 1 is 1.15 bits per heavy atom. The van der Waals surface area contributed by atoms with Gasteiger partial charge in [0, 0.05) is 36.4 Å². The number of halogens is 1. The van der Waals surface area contributed by atoms with Crippen molar-refractivity contribution in [3.05, 3.63) is 36.3 Å². The predicted octanol–water partition coefficient (Wildman–Crippen LogP) is 2.80. The molecule has 0 unspecified atom stereocenters. The Kier molecular flexibility index (Phi) is 5.50. The topological polar surface area (TPSA) is 76.3 Å². The van der Waals surface area contributed by atoms with Crippen molar-refractivity contribution >= 4 is 11.6 Å². The zero-order chi connectivity index (χ0) is 18.6.